The number of hydrogen-bond donors (Lipinski definition) is 1. The van der Waals surface area contributed by atoms with Gasteiger partial charge in [-0.1, -0.05) is 90.5 Å². The quantitative estimate of drug-likeness (QED) is 0.125. The van der Waals surface area contributed by atoms with Gasteiger partial charge in [-0.25, -0.2) is 9.69 Å². The summed E-state index contributed by atoms with van der Waals surface area (Å²) in [5.41, 5.74) is 8.62. The molecule has 3 aliphatic rings. The Labute approximate surface area is 317 Å². The fourth-order valence-electron chi connectivity index (χ4n) is 7.95. The van der Waals surface area contributed by atoms with Crippen molar-refractivity contribution in [3.05, 3.63) is 158 Å². The number of amides is 4. The number of ether oxygens (including phenoxy) is 2. The molecule has 4 amide bonds. The summed E-state index contributed by atoms with van der Waals surface area (Å²) >= 11 is 3.60. The average molecular weight is 769 g/mol. The van der Waals surface area contributed by atoms with Crippen molar-refractivity contribution < 1.29 is 23.9 Å². The number of benzene rings is 5. The minimum Gasteiger partial charge on any atom is -0.493 e. The zero-order valence-electron chi connectivity index (χ0n) is 29.5. The van der Waals surface area contributed by atoms with Crippen molar-refractivity contribution in [1.29, 1.82) is 0 Å². The third-order valence-corrected chi connectivity index (χ3v) is 11.0. The van der Waals surface area contributed by atoms with E-state index >= 15 is 0 Å². The minimum atomic E-state index is -0.779. The second-order valence-corrected chi connectivity index (χ2v) is 14.6. The molecule has 53 heavy (non-hydrogen) atoms. The molecule has 8 rings (SSSR count). The summed E-state index contributed by atoms with van der Waals surface area (Å²) in [6.45, 7) is 4.18. The van der Waals surface area contributed by atoms with E-state index in [9.17, 15) is 14.4 Å². The van der Waals surface area contributed by atoms with Crippen LogP contribution in [0.15, 0.2) is 119 Å². The van der Waals surface area contributed by atoms with Crippen LogP contribution < -0.4 is 24.6 Å². The topological polar surface area (TPSA) is 88.2 Å². The van der Waals surface area contributed by atoms with Crippen LogP contribution in [0.25, 0.3) is 6.08 Å². The number of anilines is 2. The summed E-state index contributed by atoms with van der Waals surface area (Å²) in [5.74, 6) is -0.394. The first-order valence-electron chi connectivity index (χ1n) is 17.8. The Hall–Kier alpha value is -5.67. The molecule has 0 aliphatic carbocycles. The Morgan fingerprint density at radius 1 is 0.811 bits per heavy atom. The van der Waals surface area contributed by atoms with Gasteiger partial charge in [0, 0.05) is 30.6 Å². The highest BCUT2D eigenvalue weighted by atomic mass is 79.9. The lowest BCUT2D eigenvalue weighted by Gasteiger charge is -2.44. The molecule has 3 heterocycles. The Morgan fingerprint density at radius 3 is 2.06 bits per heavy atom. The van der Waals surface area contributed by atoms with Gasteiger partial charge in [0.1, 0.15) is 12.2 Å². The molecule has 0 bridgehead atoms. The summed E-state index contributed by atoms with van der Waals surface area (Å²) in [5, 5.41) is 2.43. The van der Waals surface area contributed by atoms with Crippen LogP contribution in [0.5, 0.6) is 11.5 Å². The van der Waals surface area contributed by atoms with Gasteiger partial charge in [-0.2, -0.15) is 0 Å². The highest BCUT2D eigenvalue weighted by Gasteiger charge is 2.40. The van der Waals surface area contributed by atoms with E-state index in [-0.39, 0.29) is 17.4 Å². The molecule has 1 saturated heterocycles. The maximum Gasteiger partial charge on any atom is 0.335 e. The van der Waals surface area contributed by atoms with Gasteiger partial charge in [0.2, 0.25) is 0 Å². The molecular formula is C44H38BrN3O5. The SMILES string of the molecule is COc1cc(/C=C2\C(=O)NC(=O)N(c3cc4c5c(c3)[C@H](c3ccccc3)CCN5CC[C@H]4c3ccccc3)C2=O)cc(Br)c1OCc1cccc(C)c1. The molecule has 8 nitrogen and oxygen atoms in total. The lowest BCUT2D eigenvalue weighted by Crippen LogP contribution is -2.54. The van der Waals surface area contributed by atoms with E-state index in [0.29, 0.717) is 33.8 Å². The first-order chi connectivity index (χ1) is 25.8. The van der Waals surface area contributed by atoms with E-state index in [1.807, 2.05) is 73.7 Å². The zero-order chi connectivity index (χ0) is 36.6. The van der Waals surface area contributed by atoms with Gasteiger partial charge in [-0.15, -0.1) is 0 Å². The summed E-state index contributed by atoms with van der Waals surface area (Å²) in [6.07, 6.45) is 3.29. The first-order valence-corrected chi connectivity index (χ1v) is 18.6. The van der Waals surface area contributed by atoms with Crippen molar-refractivity contribution in [3.8, 4) is 11.5 Å². The number of nitrogens with zero attached hydrogens (tertiary/aromatic N) is 2. The average Bonchev–Trinajstić information content (AvgIpc) is 3.16. The number of carbonyl (C=O) groups is 3. The number of hydrogen-bond acceptors (Lipinski definition) is 6. The van der Waals surface area contributed by atoms with Crippen LogP contribution in [0.2, 0.25) is 0 Å². The number of halogens is 1. The second kappa shape index (κ2) is 14.4. The van der Waals surface area contributed by atoms with E-state index < -0.39 is 17.8 Å². The Balaban J connectivity index is 1.19. The largest absolute Gasteiger partial charge is 0.493 e. The van der Waals surface area contributed by atoms with Gasteiger partial charge in [0.05, 0.1) is 17.3 Å². The van der Waals surface area contributed by atoms with Crippen molar-refractivity contribution in [1.82, 2.24) is 5.32 Å². The molecule has 0 saturated carbocycles. The van der Waals surface area contributed by atoms with Crippen molar-refractivity contribution in [2.75, 3.05) is 30.0 Å². The molecule has 1 N–H and O–H groups in total. The maximum atomic E-state index is 14.4. The van der Waals surface area contributed by atoms with E-state index in [4.69, 9.17) is 9.47 Å². The number of methoxy groups -OCH3 is 1. The van der Waals surface area contributed by atoms with Crippen molar-refractivity contribution >= 4 is 51.2 Å². The predicted molar refractivity (Wildman–Crippen MR) is 210 cm³/mol. The number of carbonyl (C=O) groups excluding carboxylic acids is 3. The van der Waals surface area contributed by atoms with Crippen LogP contribution in [-0.2, 0) is 16.2 Å². The first kappa shape index (κ1) is 34.4. The molecule has 5 aromatic rings. The zero-order valence-corrected chi connectivity index (χ0v) is 31.1. The lowest BCUT2D eigenvalue weighted by molar-refractivity contribution is -0.122. The fraction of sp³-hybridized carbons (Fsp3) is 0.205. The van der Waals surface area contributed by atoms with Crippen molar-refractivity contribution in [2.45, 2.75) is 38.2 Å². The maximum absolute atomic E-state index is 14.4. The monoisotopic (exact) mass is 767 g/mol. The molecule has 3 aliphatic heterocycles. The van der Waals surface area contributed by atoms with Crippen LogP contribution in [0.4, 0.5) is 16.2 Å². The highest BCUT2D eigenvalue weighted by Crippen LogP contribution is 2.50. The second-order valence-electron chi connectivity index (χ2n) is 13.7. The molecule has 0 unspecified atom stereocenters. The van der Waals surface area contributed by atoms with E-state index in [1.165, 1.54) is 30.0 Å². The normalized spacial score (nSPS) is 18.8. The van der Waals surface area contributed by atoms with Crippen LogP contribution in [-0.4, -0.2) is 38.0 Å². The third-order valence-electron chi connectivity index (χ3n) is 10.4. The van der Waals surface area contributed by atoms with Gasteiger partial charge in [0.25, 0.3) is 11.8 Å². The smallest absolute Gasteiger partial charge is 0.335 e. The Bertz CT molecular complexity index is 2200. The predicted octanol–water partition coefficient (Wildman–Crippen LogP) is 8.89. The summed E-state index contributed by atoms with van der Waals surface area (Å²) in [6, 6.07) is 35.4. The molecule has 5 aromatic carbocycles. The molecular weight excluding hydrogens is 730 g/mol. The van der Waals surface area contributed by atoms with E-state index in [0.717, 1.165) is 53.1 Å². The number of urea groups is 1. The molecule has 0 spiro atoms. The Morgan fingerprint density at radius 2 is 1.45 bits per heavy atom. The number of nitrogens with one attached hydrogen (secondary N) is 1. The van der Waals surface area contributed by atoms with Crippen LogP contribution >= 0.6 is 15.9 Å². The summed E-state index contributed by atoms with van der Waals surface area (Å²) < 4.78 is 12.4. The van der Waals surface area contributed by atoms with E-state index in [2.05, 4.69) is 56.5 Å². The molecule has 0 radical (unpaired) electrons. The molecule has 9 heteroatoms. The minimum absolute atomic E-state index is 0.0757. The van der Waals surface area contributed by atoms with Crippen LogP contribution in [0.1, 0.15) is 63.6 Å². The standard InChI is InChI=1S/C44H38BrN3O5/c1-27-10-9-11-28(20-27)26-53-41-38(45)22-29(23-39(41)52-2)21-37-42(49)46-44(51)48(43(37)50)32-24-35-33(30-12-5-3-6-13-30)16-18-47-19-17-34(36(25-32)40(35)47)31-14-7-4-8-15-31/h3-15,20-25,33-34H,16-19,26H2,1-2H3,(H,46,49,51)/b37-21+/t33-,34-/m0/s1. The molecule has 2 atom stereocenters. The van der Waals surface area contributed by atoms with Crippen molar-refractivity contribution in [2.24, 2.45) is 0 Å². The van der Waals surface area contributed by atoms with Crippen molar-refractivity contribution in [3.63, 3.8) is 0 Å². The fourth-order valence-corrected chi connectivity index (χ4v) is 8.52. The van der Waals surface area contributed by atoms with Gasteiger partial charge < -0.3 is 14.4 Å². The highest BCUT2D eigenvalue weighted by molar-refractivity contribution is 9.10. The van der Waals surface area contributed by atoms with Gasteiger partial charge in [0.15, 0.2) is 11.5 Å². The number of aryl methyl sites for hydroxylation is 1. The number of barbiturate groups is 1. The lowest BCUT2D eigenvalue weighted by atomic mass is 9.76. The summed E-state index contributed by atoms with van der Waals surface area (Å²) in [7, 11) is 1.53. The van der Waals surface area contributed by atoms with Crippen LogP contribution in [0, 0.1) is 6.92 Å². The van der Waals surface area contributed by atoms with Gasteiger partial charge >= 0.3 is 6.03 Å². The van der Waals surface area contributed by atoms with Gasteiger partial charge in [-0.05, 0) is 99.4 Å². The number of rotatable bonds is 8. The molecule has 266 valence electrons. The molecule has 1 fully saturated rings. The molecule has 0 aromatic heterocycles. The number of imide groups is 2. The van der Waals surface area contributed by atoms with Crippen LogP contribution in [0.3, 0.4) is 0 Å². The Kier molecular flexibility index (Phi) is 9.35. The van der Waals surface area contributed by atoms with Gasteiger partial charge in [-0.3, -0.25) is 14.9 Å². The third kappa shape index (κ3) is 6.61. The summed E-state index contributed by atoms with van der Waals surface area (Å²) in [4.78, 5) is 45.0. The van der Waals surface area contributed by atoms with E-state index in [1.54, 1.807) is 12.1 Å².